The lowest BCUT2D eigenvalue weighted by atomic mass is 9.94. The van der Waals surface area contributed by atoms with Crippen molar-refractivity contribution in [2.75, 3.05) is 83.9 Å². The van der Waals surface area contributed by atoms with Gasteiger partial charge in [-0.05, 0) is 37.2 Å². The van der Waals surface area contributed by atoms with Crippen LogP contribution in [0.2, 0.25) is 0 Å². The van der Waals surface area contributed by atoms with Crippen LogP contribution in [-0.4, -0.2) is 151 Å². The molecule has 1 fully saturated rings. The molecule has 1 heterocycles. The van der Waals surface area contributed by atoms with Crippen molar-refractivity contribution < 1.29 is 42.1 Å². The van der Waals surface area contributed by atoms with Crippen molar-refractivity contribution in [3.8, 4) is 0 Å². The lowest BCUT2D eigenvalue weighted by Crippen LogP contribution is -2.62. The minimum atomic E-state index is -4.04. The third-order valence-electron chi connectivity index (χ3n) is 10.0. The number of rotatable bonds is 17. The Balaban J connectivity index is 1.30. The molecule has 0 spiro atoms. The number of benzene rings is 4. The van der Waals surface area contributed by atoms with E-state index in [1.165, 1.54) is 17.0 Å². The quantitative estimate of drug-likeness (QED) is 0.0877. The maximum atomic E-state index is 13.7. The van der Waals surface area contributed by atoms with Crippen LogP contribution in [0.15, 0.2) is 82.6 Å². The Bertz CT molecular complexity index is 2060. The average Bonchev–Trinajstić information content (AvgIpc) is 3.15. The Morgan fingerprint density at radius 1 is 0.709 bits per heavy atom. The molecule has 0 saturated carbocycles. The van der Waals surface area contributed by atoms with Gasteiger partial charge >= 0.3 is 0 Å². The molecule has 17 heteroatoms. The predicted molar refractivity (Wildman–Crippen MR) is 213 cm³/mol. The second kappa shape index (κ2) is 17.9. The first-order chi connectivity index (χ1) is 26.1. The highest BCUT2D eigenvalue weighted by atomic mass is 32.2. The molecule has 1 saturated heterocycles. The van der Waals surface area contributed by atoms with E-state index in [-0.39, 0.29) is 67.8 Å². The van der Waals surface area contributed by atoms with Crippen molar-refractivity contribution in [2.24, 2.45) is 0 Å². The molecular formula is C38H52N6O9S2. The molecule has 1 amide bonds. The largest absolute Gasteiger partial charge is 0.395 e. The number of aliphatic hydroxyl groups excluding tert-OH is 4. The van der Waals surface area contributed by atoms with E-state index in [1.807, 2.05) is 62.3 Å². The van der Waals surface area contributed by atoms with Crippen LogP contribution in [0.1, 0.15) is 12.8 Å². The van der Waals surface area contributed by atoms with Crippen molar-refractivity contribution in [2.45, 2.75) is 47.0 Å². The van der Waals surface area contributed by atoms with Crippen LogP contribution >= 0.6 is 0 Å². The van der Waals surface area contributed by atoms with Crippen LogP contribution in [0, 0.1) is 0 Å². The molecule has 0 bridgehead atoms. The summed E-state index contributed by atoms with van der Waals surface area (Å²) in [4.78, 5) is 20.6. The SMILES string of the molecule is CN(C)c1cccc2c(S(=O)(=O)NCCN(CCNS(=O)(=O)c3cccc4c(N(C)C)cccc34)C(=O)CCCN3C[C@H](O)[C@@H](O)[C@@H](O)[C@H]3CO)cccc12. The summed E-state index contributed by atoms with van der Waals surface area (Å²) in [6.07, 6.45) is -3.82. The molecule has 4 aromatic carbocycles. The van der Waals surface area contributed by atoms with Gasteiger partial charge in [0.15, 0.2) is 0 Å². The molecule has 1 aliphatic heterocycles. The first kappa shape index (κ1) is 42.2. The van der Waals surface area contributed by atoms with E-state index in [1.54, 1.807) is 41.3 Å². The van der Waals surface area contributed by atoms with Gasteiger partial charge in [0.2, 0.25) is 26.0 Å². The highest BCUT2D eigenvalue weighted by Gasteiger charge is 2.40. The van der Waals surface area contributed by atoms with Crippen LogP contribution in [0.25, 0.3) is 21.5 Å². The summed E-state index contributed by atoms with van der Waals surface area (Å²) in [6, 6.07) is 20.1. The van der Waals surface area contributed by atoms with Crippen LogP contribution in [0.5, 0.6) is 0 Å². The number of aliphatic hydroxyl groups is 4. The van der Waals surface area contributed by atoms with E-state index >= 15 is 0 Å². The summed E-state index contributed by atoms with van der Waals surface area (Å²) in [7, 11) is -0.582. The number of anilines is 2. The van der Waals surface area contributed by atoms with Crippen LogP contribution in [0.3, 0.4) is 0 Å². The van der Waals surface area contributed by atoms with Crippen molar-refractivity contribution in [3.05, 3.63) is 72.8 Å². The van der Waals surface area contributed by atoms with Gasteiger partial charge in [-0.15, -0.1) is 0 Å². The molecule has 1 aliphatic rings. The minimum absolute atomic E-state index is 0.0146. The van der Waals surface area contributed by atoms with Gasteiger partial charge in [-0.3, -0.25) is 9.69 Å². The van der Waals surface area contributed by atoms with Gasteiger partial charge in [-0.2, -0.15) is 0 Å². The van der Waals surface area contributed by atoms with Crippen molar-refractivity contribution in [1.82, 2.24) is 19.2 Å². The number of piperidine rings is 1. The van der Waals surface area contributed by atoms with Gasteiger partial charge in [-0.25, -0.2) is 26.3 Å². The summed E-state index contributed by atoms with van der Waals surface area (Å²) in [5, 5.41) is 43.0. The number of carbonyl (C=O) groups excluding carboxylic acids is 1. The van der Waals surface area contributed by atoms with Gasteiger partial charge in [0, 0.05) is 100 Å². The average molecular weight is 801 g/mol. The van der Waals surface area contributed by atoms with Crippen molar-refractivity contribution >= 4 is 58.9 Å². The lowest BCUT2D eigenvalue weighted by molar-refractivity contribution is -0.145. The van der Waals surface area contributed by atoms with Crippen LogP contribution < -0.4 is 19.2 Å². The number of hydrogen-bond acceptors (Lipinski definition) is 12. The molecule has 0 aromatic heterocycles. The second-order valence-corrected chi connectivity index (χ2v) is 17.6. The van der Waals surface area contributed by atoms with E-state index in [0.717, 1.165) is 22.1 Å². The third kappa shape index (κ3) is 9.56. The zero-order valence-electron chi connectivity index (χ0n) is 31.5. The van der Waals surface area contributed by atoms with E-state index in [9.17, 15) is 42.1 Å². The standard InChI is InChI=1S/C38H52N6O9S2/c1-41(2)30-14-5-12-28-26(30)10-7-16-34(28)54(50,51)39-19-22-43(36(47)18-9-21-44-24-33(46)38(49)37(48)32(44)25-45)23-20-40-55(52,53)35-17-8-11-27-29(35)13-6-15-31(27)42(3)4/h5-8,10-17,32-33,37-40,45-46,48-49H,9,18-25H2,1-4H3/t32-,33+,37+,38-/m1/s1. The third-order valence-corrected chi connectivity index (χ3v) is 13.1. The topological polar surface area (TPSA) is 203 Å². The molecule has 4 atom stereocenters. The van der Waals surface area contributed by atoms with E-state index in [4.69, 9.17) is 0 Å². The number of nitrogens with one attached hydrogen (secondary N) is 2. The van der Waals surface area contributed by atoms with E-state index in [0.29, 0.717) is 10.8 Å². The number of likely N-dealkylation sites (tertiary alicyclic amines) is 1. The molecular weight excluding hydrogens is 749 g/mol. The molecule has 300 valence electrons. The summed E-state index contributed by atoms with van der Waals surface area (Å²) in [6.45, 7) is -0.727. The summed E-state index contributed by atoms with van der Waals surface area (Å²) in [5.74, 6) is -0.376. The normalized spacial score (nSPS) is 19.5. The van der Waals surface area contributed by atoms with Gasteiger partial charge < -0.3 is 35.1 Å². The number of hydrogen-bond donors (Lipinski definition) is 6. The van der Waals surface area contributed by atoms with Crippen LogP contribution in [-0.2, 0) is 24.8 Å². The Morgan fingerprint density at radius 3 is 1.62 bits per heavy atom. The Labute approximate surface area is 322 Å². The van der Waals surface area contributed by atoms with Crippen LogP contribution in [0.4, 0.5) is 11.4 Å². The molecule has 4 aromatic rings. The minimum Gasteiger partial charge on any atom is -0.395 e. The Hall–Kier alpha value is -3.91. The first-order valence-electron chi connectivity index (χ1n) is 18.1. The Kier molecular flexibility index (Phi) is 13.8. The fraction of sp³-hybridized carbons (Fsp3) is 0.447. The number of fused-ring (bicyclic) bond motifs is 2. The van der Waals surface area contributed by atoms with Crippen molar-refractivity contribution in [1.29, 1.82) is 0 Å². The second-order valence-electron chi connectivity index (χ2n) is 14.1. The maximum absolute atomic E-state index is 13.7. The van der Waals surface area contributed by atoms with E-state index < -0.39 is 51.0 Å². The predicted octanol–water partition coefficient (Wildman–Crippen LogP) is 0.750. The van der Waals surface area contributed by atoms with E-state index in [2.05, 4.69) is 9.44 Å². The summed E-state index contributed by atoms with van der Waals surface area (Å²) < 4.78 is 59.7. The smallest absolute Gasteiger partial charge is 0.241 e. The Morgan fingerprint density at radius 2 is 1.16 bits per heavy atom. The molecule has 0 unspecified atom stereocenters. The number of amides is 1. The van der Waals surface area contributed by atoms with Gasteiger partial charge in [0.05, 0.1) is 28.5 Å². The molecule has 6 N–H and O–H groups in total. The van der Waals surface area contributed by atoms with Gasteiger partial charge in [-0.1, -0.05) is 48.5 Å². The fourth-order valence-corrected chi connectivity index (χ4v) is 9.63. The highest BCUT2D eigenvalue weighted by molar-refractivity contribution is 7.90. The zero-order valence-corrected chi connectivity index (χ0v) is 33.2. The molecule has 0 aliphatic carbocycles. The molecule has 0 radical (unpaired) electrons. The summed E-state index contributed by atoms with van der Waals surface area (Å²) >= 11 is 0. The van der Waals surface area contributed by atoms with Gasteiger partial charge in [0.25, 0.3) is 0 Å². The molecule has 55 heavy (non-hydrogen) atoms. The zero-order chi connectivity index (χ0) is 40.1. The fourth-order valence-electron chi connectivity index (χ4n) is 7.15. The maximum Gasteiger partial charge on any atom is 0.241 e. The number of carbonyl (C=O) groups is 1. The summed E-state index contributed by atoms with van der Waals surface area (Å²) in [5.41, 5.74) is 1.70. The monoisotopic (exact) mass is 800 g/mol. The molecule has 15 nitrogen and oxygen atoms in total. The number of sulfonamides is 2. The number of β-amino-alcohol motifs (C(OH)–C–C–N with tert-alkyl or cyclic N) is 1. The lowest BCUT2D eigenvalue weighted by Gasteiger charge is -2.43. The van der Waals surface area contributed by atoms with Crippen molar-refractivity contribution in [3.63, 3.8) is 0 Å². The van der Waals surface area contributed by atoms with Gasteiger partial charge in [0.1, 0.15) is 12.2 Å². The number of nitrogens with zero attached hydrogens (tertiary/aromatic N) is 4. The first-order valence-corrected chi connectivity index (χ1v) is 21.1. The molecule has 5 rings (SSSR count). The highest BCUT2D eigenvalue weighted by Crippen LogP contribution is 2.31.